The fourth-order valence-electron chi connectivity index (χ4n) is 3.43. The van der Waals surface area contributed by atoms with Gasteiger partial charge in [0.05, 0.1) is 11.5 Å². The summed E-state index contributed by atoms with van der Waals surface area (Å²) >= 11 is 0. The maximum Gasteiger partial charge on any atom is 0.254 e. The van der Waals surface area contributed by atoms with Crippen LogP contribution in [0.1, 0.15) is 29.4 Å². The molecule has 2 heterocycles. The van der Waals surface area contributed by atoms with Crippen LogP contribution in [-0.2, 0) is 9.84 Å². The number of sulfone groups is 1. The first-order valence-corrected chi connectivity index (χ1v) is 10.5. The molecule has 0 saturated carbocycles. The fourth-order valence-corrected chi connectivity index (χ4v) is 5.16. The van der Waals surface area contributed by atoms with Crippen molar-refractivity contribution in [3.8, 4) is 11.1 Å². The molecule has 1 aliphatic rings. The molecule has 0 spiro atoms. The van der Waals surface area contributed by atoms with Crippen LogP contribution in [-0.4, -0.2) is 48.3 Å². The molecule has 0 bridgehead atoms. The van der Waals surface area contributed by atoms with Gasteiger partial charge in [0.1, 0.15) is 5.82 Å². The number of nitrogen functional groups attached to an aromatic ring is 1. The maximum atomic E-state index is 12.8. The number of pyridine rings is 1. The Bertz CT molecular complexity index is 924. The number of nitrogens with two attached hydrogens (primary N) is 1. The van der Waals surface area contributed by atoms with Crippen molar-refractivity contribution < 1.29 is 13.2 Å². The molecule has 0 unspecified atom stereocenters. The highest BCUT2D eigenvalue weighted by molar-refractivity contribution is 7.91. The van der Waals surface area contributed by atoms with Crippen molar-refractivity contribution in [2.75, 3.05) is 23.8 Å². The number of carbonyl (C=O) groups excluding carboxylic acids is 1. The summed E-state index contributed by atoms with van der Waals surface area (Å²) in [5, 5.41) is 0. The molecule has 1 aromatic carbocycles. The number of hydrogen-bond acceptors (Lipinski definition) is 5. The van der Waals surface area contributed by atoms with Gasteiger partial charge in [-0.15, -0.1) is 0 Å². The van der Waals surface area contributed by atoms with Crippen LogP contribution in [0.2, 0.25) is 0 Å². The van der Waals surface area contributed by atoms with Gasteiger partial charge in [-0.1, -0.05) is 12.1 Å². The average Bonchev–Trinajstić information content (AvgIpc) is 2.95. The van der Waals surface area contributed by atoms with Crippen LogP contribution in [0.3, 0.4) is 0 Å². The first kappa shape index (κ1) is 18.4. The van der Waals surface area contributed by atoms with Crippen LogP contribution in [0.25, 0.3) is 11.1 Å². The molecule has 1 atom stereocenters. The minimum atomic E-state index is -3.03. The molecule has 7 heteroatoms. The van der Waals surface area contributed by atoms with E-state index in [1.807, 2.05) is 32.0 Å². The summed E-state index contributed by atoms with van der Waals surface area (Å²) < 4.78 is 23.5. The maximum absolute atomic E-state index is 12.8. The summed E-state index contributed by atoms with van der Waals surface area (Å²) in [6, 6.07) is 10.7. The van der Waals surface area contributed by atoms with Gasteiger partial charge in [-0.05, 0) is 50.1 Å². The summed E-state index contributed by atoms with van der Waals surface area (Å²) in [6.07, 6.45) is 0.510. The van der Waals surface area contributed by atoms with Crippen molar-refractivity contribution in [1.82, 2.24) is 9.88 Å². The molecule has 2 N–H and O–H groups in total. The third-order valence-electron chi connectivity index (χ3n) is 4.80. The highest BCUT2D eigenvalue weighted by atomic mass is 32.2. The third kappa shape index (κ3) is 3.72. The monoisotopic (exact) mass is 373 g/mol. The van der Waals surface area contributed by atoms with Crippen LogP contribution in [0.15, 0.2) is 36.4 Å². The molecule has 1 aromatic heterocycles. The molecule has 6 nitrogen and oxygen atoms in total. The number of anilines is 1. The van der Waals surface area contributed by atoms with Gasteiger partial charge < -0.3 is 10.6 Å². The topological polar surface area (TPSA) is 93.4 Å². The number of aryl methyl sites for hydroxylation is 1. The van der Waals surface area contributed by atoms with Gasteiger partial charge in [0.2, 0.25) is 0 Å². The second-order valence-electron chi connectivity index (χ2n) is 6.59. The molecule has 1 aliphatic heterocycles. The fraction of sp³-hybridized carbons (Fsp3) is 0.368. The van der Waals surface area contributed by atoms with Gasteiger partial charge in [-0.2, -0.15) is 0 Å². The minimum Gasteiger partial charge on any atom is -0.384 e. The summed E-state index contributed by atoms with van der Waals surface area (Å²) in [5.74, 6) is 0.557. The van der Waals surface area contributed by atoms with E-state index in [1.54, 1.807) is 23.1 Å². The minimum absolute atomic E-state index is 0.0565. The van der Waals surface area contributed by atoms with Gasteiger partial charge in [0.15, 0.2) is 9.84 Å². The molecular formula is C19H23N3O3S. The zero-order chi connectivity index (χ0) is 18.9. The van der Waals surface area contributed by atoms with E-state index in [0.29, 0.717) is 24.3 Å². The Morgan fingerprint density at radius 1 is 1.23 bits per heavy atom. The van der Waals surface area contributed by atoms with Crippen LogP contribution in [0.4, 0.5) is 5.82 Å². The van der Waals surface area contributed by atoms with Crippen molar-refractivity contribution in [1.29, 1.82) is 0 Å². The lowest BCUT2D eigenvalue weighted by Gasteiger charge is -2.27. The molecule has 0 radical (unpaired) electrons. The smallest absolute Gasteiger partial charge is 0.254 e. The molecule has 138 valence electrons. The lowest BCUT2D eigenvalue weighted by Crippen LogP contribution is -2.40. The van der Waals surface area contributed by atoms with E-state index in [9.17, 15) is 13.2 Å². The number of benzene rings is 1. The van der Waals surface area contributed by atoms with Crippen molar-refractivity contribution in [2.45, 2.75) is 26.3 Å². The second kappa shape index (κ2) is 7.07. The molecule has 1 fully saturated rings. The predicted octanol–water partition coefficient (Wildman–Crippen LogP) is 2.29. The largest absolute Gasteiger partial charge is 0.384 e. The van der Waals surface area contributed by atoms with E-state index in [2.05, 4.69) is 4.98 Å². The number of amides is 1. The Morgan fingerprint density at radius 2 is 1.92 bits per heavy atom. The van der Waals surface area contributed by atoms with E-state index in [4.69, 9.17) is 5.73 Å². The van der Waals surface area contributed by atoms with Gasteiger partial charge >= 0.3 is 0 Å². The Kier molecular flexibility index (Phi) is 5.00. The number of rotatable bonds is 4. The molecule has 26 heavy (non-hydrogen) atoms. The molecular weight excluding hydrogens is 350 g/mol. The zero-order valence-corrected chi connectivity index (χ0v) is 15.8. The Morgan fingerprint density at radius 3 is 2.46 bits per heavy atom. The molecule has 1 amide bonds. The van der Waals surface area contributed by atoms with Crippen LogP contribution >= 0.6 is 0 Å². The lowest BCUT2D eigenvalue weighted by molar-refractivity contribution is 0.0708. The first-order valence-electron chi connectivity index (χ1n) is 8.65. The SMILES string of the molecule is CCN(C(=O)c1ccc(-c2ccc(N)nc2C)cc1)[C@@H]1CCS(=O)(=O)C1. The van der Waals surface area contributed by atoms with Crippen LogP contribution in [0, 0.1) is 6.92 Å². The Hall–Kier alpha value is -2.41. The zero-order valence-electron chi connectivity index (χ0n) is 15.0. The third-order valence-corrected chi connectivity index (χ3v) is 6.55. The number of hydrogen-bond donors (Lipinski definition) is 1. The number of carbonyl (C=O) groups is 1. The standard InChI is InChI=1S/C19H23N3O3S/c1-3-22(16-10-11-26(24,25)12-16)19(23)15-6-4-14(5-7-15)17-8-9-18(20)21-13(17)2/h4-9,16H,3,10-12H2,1-2H3,(H2,20,21)/t16-/m1/s1. The van der Waals surface area contributed by atoms with Gasteiger partial charge in [0, 0.05) is 29.4 Å². The van der Waals surface area contributed by atoms with E-state index >= 15 is 0 Å². The summed E-state index contributed by atoms with van der Waals surface area (Å²) in [7, 11) is -3.03. The predicted molar refractivity (Wildman–Crippen MR) is 103 cm³/mol. The van der Waals surface area contributed by atoms with Crippen molar-refractivity contribution in [2.24, 2.45) is 0 Å². The van der Waals surface area contributed by atoms with Crippen molar-refractivity contribution >= 4 is 21.6 Å². The van der Waals surface area contributed by atoms with Gasteiger partial charge in [0.25, 0.3) is 5.91 Å². The highest BCUT2D eigenvalue weighted by Gasteiger charge is 2.34. The normalized spacial score (nSPS) is 18.6. The second-order valence-corrected chi connectivity index (χ2v) is 8.82. The summed E-state index contributed by atoms with van der Waals surface area (Å²) in [6.45, 7) is 4.26. The van der Waals surface area contributed by atoms with Gasteiger partial charge in [-0.3, -0.25) is 4.79 Å². The molecule has 1 saturated heterocycles. The van der Waals surface area contributed by atoms with E-state index in [-0.39, 0.29) is 23.5 Å². The Balaban J connectivity index is 1.82. The molecule has 0 aliphatic carbocycles. The number of nitrogens with zero attached hydrogens (tertiary/aromatic N) is 2. The van der Waals surface area contributed by atoms with Crippen LogP contribution in [0.5, 0.6) is 0 Å². The van der Waals surface area contributed by atoms with Crippen molar-refractivity contribution in [3.63, 3.8) is 0 Å². The Labute approximate surface area is 154 Å². The first-order chi connectivity index (χ1) is 12.3. The highest BCUT2D eigenvalue weighted by Crippen LogP contribution is 2.25. The average molecular weight is 373 g/mol. The van der Waals surface area contributed by atoms with Crippen LogP contribution < -0.4 is 5.73 Å². The van der Waals surface area contributed by atoms with E-state index < -0.39 is 9.84 Å². The lowest BCUT2D eigenvalue weighted by atomic mass is 10.0. The summed E-state index contributed by atoms with van der Waals surface area (Å²) in [4.78, 5) is 18.8. The summed E-state index contributed by atoms with van der Waals surface area (Å²) in [5.41, 5.74) is 9.00. The number of aromatic nitrogens is 1. The molecule has 2 aromatic rings. The molecule has 3 rings (SSSR count). The van der Waals surface area contributed by atoms with Crippen molar-refractivity contribution in [3.05, 3.63) is 47.7 Å². The quantitative estimate of drug-likeness (QED) is 0.887. The van der Waals surface area contributed by atoms with E-state index in [0.717, 1.165) is 16.8 Å². The van der Waals surface area contributed by atoms with Gasteiger partial charge in [-0.25, -0.2) is 13.4 Å². The van der Waals surface area contributed by atoms with E-state index in [1.165, 1.54) is 0 Å².